The Kier molecular flexibility index (Phi) is 71.9. The summed E-state index contributed by atoms with van der Waals surface area (Å²) >= 11 is 6.27. The maximum Gasteiger partial charge on any atom is 0.223 e. The predicted molar refractivity (Wildman–Crippen MR) is 400 cm³/mol. The third-order valence-electron chi connectivity index (χ3n) is 9.32. The molecule has 3 N–H and O–H groups in total. The number of thiazole rings is 2. The molecule has 0 radical (unpaired) electrons. The van der Waals surface area contributed by atoms with E-state index in [1.54, 1.807) is 97.8 Å². The van der Waals surface area contributed by atoms with Gasteiger partial charge in [0, 0.05) is 48.9 Å². The van der Waals surface area contributed by atoms with Crippen molar-refractivity contribution in [2.75, 3.05) is 0 Å². The van der Waals surface area contributed by atoms with Gasteiger partial charge in [-0.1, -0.05) is 99.5 Å². The third kappa shape index (κ3) is 62.9. The van der Waals surface area contributed by atoms with Gasteiger partial charge in [-0.25, -0.2) is 29.9 Å². The van der Waals surface area contributed by atoms with Crippen molar-refractivity contribution in [3.63, 3.8) is 0 Å². The second kappa shape index (κ2) is 70.6. The Balaban J connectivity index is -0.000000231. The molecule has 33 heteroatoms. The van der Waals surface area contributed by atoms with Crippen LogP contribution in [-0.2, 0) is 14.1 Å². The summed E-state index contributed by atoms with van der Waals surface area (Å²) in [5, 5.41) is 49.3. The second-order valence-corrected chi connectivity index (χ2v) is 21.0. The first-order valence-corrected chi connectivity index (χ1v) is 35.0. The number of nitrogens with one attached hydrogen (secondary N) is 3. The number of H-pyrrole nitrogens is 3. The topological polar surface area (TPSA) is 367 Å². The highest BCUT2D eigenvalue weighted by molar-refractivity contribution is 7.10. The van der Waals surface area contributed by atoms with Gasteiger partial charge >= 0.3 is 0 Å². The van der Waals surface area contributed by atoms with E-state index in [0.717, 1.165) is 78.7 Å². The SMILES string of the molecule is CC.CC.CC.CC.CC.CC.Cc1ccccn1.Cc1cn[nH]n1.Cc1cn[nH]n1.Cc1cn[nH]n1.Cc1ncoc1C.Cc1ncoc1C.Cc1ncsc1C.Cc1ncsc1C.Cc1noc(C)n1.Cc1nsc(C)n1.Cc1nsc(C)n1.Cn1ccnn1.Cn1nccn1. The summed E-state index contributed by atoms with van der Waals surface area (Å²) < 4.78 is 23.8. The van der Waals surface area contributed by atoms with Gasteiger partial charge in [0.2, 0.25) is 5.89 Å². The van der Waals surface area contributed by atoms with E-state index in [4.69, 9.17) is 8.83 Å². The quantitative estimate of drug-likeness (QED) is 0.127. The Labute approximate surface area is 599 Å². The van der Waals surface area contributed by atoms with Gasteiger partial charge in [-0.2, -0.15) is 75.0 Å². The number of aromatic nitrogens is 26. The zero-order valence-corrected chi connectivity index (χ0v) is 67.6. The van der Waals surface area contributed by atoms with E-state index >= 15 is 0 Å². The minimum atomic E-state index is 0.623. The highest BCUT2D eigenvalue weighted by Gasteiger charge is 1.94. The maximum absolute atomic E-state index is 4.85. The summed E-state index contributed by atoms with van der Waals surface area (Å²) in [6.45, 7) is 58.6. The molecule has 0 unspecified atom stereocenters. The Morgan fingerprint density at radius 2 is 0.816 bits per heavy atom. The van der Waals surface area contributed by atoms with Crippen LogP contribution in [0.4, 0.5) is 0 Å². The fourth-order valence-corrected chi connectivity index (χ4v) is 6.56. The molecule has 0 fully saturated rings. The lowest BCUT2D eigenvalue weighted by Gasteiger charge is -1.82. The first kappa shape index (κ1) is 99.8. The van der Waals surface area contributed by atoms with E-state index < -0.39 is 0 Å². The molecule has 0 saturated heterocycles. The summed E-state index contributed by atoms with van der Waals surface area (Å²) in [6, 6.07) is 5.86. The largest absolute Gasteiger partial charge is 0.449 e. The molecule has 0 amide bonds. The van der Waals surface area contributed by atoms with E-state index in [0.29, 0.717) is 11.7 Å². The molecule has 0 saturated carbocycles. The van der Waals surface area contributed by atoms with E-state index in [1.807, 2.05) is 216 Å². The van der Waals surface area contributed by atoms with Crippen LogP contribution >= 0.6 is 45.7 Å². The van der Waals surface area contributed by atoms with Crippen molar-refractivity contribution in [3.8, 4) is 0 Å². The summed E-state index contributed by atoms with van der Waals surface area (Å²) in [4.78, 5) is 35.8. The first-order valence-electron chi connectivity index (χ1n) is 31.7. The molecule has 29 nitrogen and oxygen atoms in total. The first-order chi connectivity index (χ1) is 46.9. The monoisotopic (exact) mass is 1430 g/mol. The summed E-state index contributed by atoms with van der Waals surface area (Å²) in [7, 11) is 3.60. The lowest BCUT2D eigenvalue weighted by Crippen LogP contribution is -1.89. The molecule has 0 aromatic carbocycles. The highest BCUT2D eigenvalue weighted by Crippen LogP contribution is 2.09. The van der Waals surface area contributed by atoms with Crippen molar-refractivity contribution < 1.29 is 13.4 Å². The van der Waals surface area contributed by atoms with Gasteiger partial charge in [0.15, 0.2) is 18.6 Å². The van der Waals surface area contributed by atoms with Crippen molar-refractivity contribution in [1.29, 1.82) is 0 Å². The fraction of sp³-hybridized carbons (Fsp3) is 0.492. The van der Waals surface area contributed by atoms with Gasteiger partial charge < -0.3 is 13.4 Å². The highest BCUT2D eigenvalue weighted by atomic mass is 32.1. The van der Waals surface area contributed by atoms with Gasteiger partial charge in [0.1, 0.15) is 33.2 Å². The summed E-state index contributed by atoms with van der Waals surface area (Å²) in [5.41, 5.74) is 11.8. The molecule has 13 aromatic rings. The van der Waals surface area contributed by atoms with Crippen LogP contribution in [0.2, 0.25) is 0 Å². The second-order valence-electron chi connectivity index (χ2n) is 17.0. The van der Waals surface area contributed by atoms with E-state index in [2.05, 4.69) is 139 Å². The summed E-state index contributed by atoms with van der Waals surface area (Å²) in [6.07, 6.45) is 16.4. The number of pyridine rings is 1. The lowest BCUT2D eigenvalue weighted by atomic mass is 10.4. The molecule has 0 aliphatic rings. The minimum absolute atomic E-state index is 0.623. The molecular weight excluding hydrogens is 1320 g/mol. The van der Waals surface area contributed by atoms with Crippen LogP contribution in [0.3, 0.4) is 0 Å². The average molecular weight is 1440 g/mol. The van der Waals surface area contributed by atoms with E-state index in [-0.39, 0.29) is 0 Å². The maximum atomic E-state index is 4.85. The number of aromatic amines is 3. The molecule has 13 heterocycles. The number of oxazole rings is 2. The molecule has 0 aliphatic heterocycles. The fourth-order valence-electron chi connectivity index (χ4n) is 4.42. The third-order valence-corrected chi connectivity index (χ3v) is 12.5. The lowest BCUT2D eigenvalue weighted by molar-refractivity contribution is 0.389. The van der Waals surface area contributed by atoms with E-state index in [9.17, 15) is 0 Å². The average Bonchev–Trinajstić information content (AvgIpc) is 4.25. The predicted octanol–water partition coefficient (Wildman–Crippen LogP) is 16.6. The van der Waals surface area contributed by atoms with Crippen LogP contribution in [0.25, 0.3) is 0 Å². The smallest absolute Gasteiger partial charge is 0.223 e. The van der Waals surface area contributed by atoms with Crippen molar-refractivity contribution in [3.05, 3.63) is 192 Å². The van der Waals surface area contributed by atoms with Gasteiger partial charge in [-0.3, -0.25) is 9.67 Å². The minimum Gasteiger partial charge on any atom is -0.449 e. The zero-order valence-electron chi connectivity index (χ0n) is 64.3. The number of aryl methyl sites for hydroxylation is 20. The summed E-state index contributed by atoms with van der Waals surface area (Å²) in [5.74, 6) is 4.88. The van der Waals surface area contributed by atoms with Gasteiger partial charge in [0.25, 0.3) is 0 Å². The standard InChI is InChI=1S/C6H7N.2C5H7NO.2C5H7NS.C4H6N2O.2C4H6N2S.5C3H5N3.6C2H6/c1-6-4-2-3-5-7-6;4*1-4-5(2)7-3-6-4;3*1-3-5-4(2)7-6-3;1-6-3-2-4-5-6;1-6-4-2-3-5-6;3*1-3-2-4-6-5-3;6*1-2/h2-5H,1H3;4*3H,1-2H3;3*1-2H3;2*2-3H,1H3;3*2H,1H3,(H,4,5,6);6*1-2H3. The zero-order chi connectivity index (χ0) is 76.1. The van der Waals surface area contributed by atoms with Crippen LogP contribution in [0.1, 0.15) is 183 Å². The Bertz CT molecular complexity index is 2990. The van der Waals surface area contributed by atoms with Gasteiger partial charge in [0.05, 0.1) is 88.1 Å². The Morgan fingerprint density at radius 1 is 0.418 bits per heavy atom. The van der Waals surface area contributed by atoms with Gasteiger partial charge in [-0.15, -0.1) is 27.8 Å². The molecule has 0 bridgehead atoms. The number of nitrogens with zero attached hydrogens (tertiary/aromatic N) is 23. The number of rotatable bonds is 0. The van der Waals surface area contributed by atoms with Crippen LogP contribution < -0.4 is 0 Å². The van der Waals surface area contributed by atoms with Crippen molar-refractivity contribution in [2.45, 2.75) is 208 Å². The molecular formula is C65H114N26O3S4. The van der Waals surface area contributed by atoms with Crippen LogP contribution in [0.15, 0.2) is 105 Å². The molecule has 98 heavy (non-hydrogen) atoms. The van der Waals surface area contributed by atoms with Crippen molar-refractivity contribution >= 4 is 45.7 Å². The molecule has 546 valence electrons. The molecule has 0 atom stereocenters. The van der Waals surface area contributed by atoms with Crippen LogP contribution in [0, 0.1) is 125 Å². The molecule has 13 rings (SSSR count). The van der Waals surface area contributed by atoms with Crippen LogP contribution in [-0.4, -0.2) is 130 Å². The molecule has 0 aliphatic carbocycles. The molecule has 13 aromatic heterocycles. The Hall–Kier alpha value is -9.21. The Morgan fingerprint density at radius 3 is 0.908 bits per heavy atom. The van der Waals surface area contributed by atoms with Crippen molar-refractivity contribution in [1.82, 2.24) is 130 Å². The van der Waals surface area contributed by atoms with Crippen LogP contribution in [0.5, 0.6) is 0 Å². The number of hydrogen-bond donors (Lipinski definition) is 3. The van der Waals surface area contributed by atoms with Gasteiger partial charge in [-0.05, 0) is 153 Å². The van der Waals surface area contributed by atoms with E-state index in [1.165, 1.54) is 50.4 Å². The van der Waals surface area contributed by atoms with Crippen molar-refractivity contribution in [2.24, 2.45) is 14.1 Å². The number of hydrogen-bond acceptors (Lipinski definition) is 28. The normalized spacial score (nSPS) is 8.41. The molecule has 0 spiro atoms.